The van der Waals surface area contributed by atoms with Gasteiger partial charge in [0.05, 0.1) is 81.3 Å². The summed E-state index contributed by atoms with van der Waals surface area (Å²) in [4.78, 5) is 74.6. The van der Waals surface area contributed by atoms with E-state index in [1.807, 2.05) is 151 Å². The van der Waals surface area contributed by atoms with E-state index in [0.717, 1.165) is 156 Å². The maximum absolute atomic E-state index is 13.5. The van der Waals surface area contributed by atoms with Crippen LogP contribution < -0.4 is 31.9 Å². The molecule has 750 valence electrons. The van der Waals surface area contributed by atoms with Gasteiger partial charge < -0.3 is 41.5 Å². The number of nitriles is 4. The molecule has 5 aliphatic heterocycles. The van der Waals surface area contributed by atoms with Crippen LogP contribution in [0.3, 0.4) is 0 Å². The number of hydrogen-bond acceptors (Lipinski definition) is 16. The highest BCUT2D eigenvalue weighted by Gasteiger charge is 2.50. The Bertz CT molecular complexity index is 7050. The van der Waals surface area contributed by atoms with Gasteiger partial charge in [0.1, 0.15) is 18.2 Å². The topological polar surface area (TPSA) is 278 Å². The molecule has 30 heteroatoms. The number of nitrogens with one attached hydrogen (secondary N) is 6. The van der Waals surface area contributed by atoms with E-state index in [-0.39, 0.29) is 76.4 Å². The predicted molar refractivity (Wildman–Crippen MR) is 581 cm³/mol. The summed E-state index contributed by atoms with van der Waals surface area (Å²) in [5.41, 5.74) is 16.5. The van der Waals surface area contributed by atoms with Crippen molar-refractivity contribution in [3.8, 4) is 68.8 Å². The Kier molecular flexibility index (Phi) is 36.7. The fourth-order valence-corrected chi connectivity index (χ4v) is 21.8. The first-order valence-corrected chi connectivity index (χ1v) is 51.0. The summed E-state index contributed by atoms with van der Waals surface area (Å²) in [6.07, 6.45) is 7.16. The number of amides is 5. The highest BCUT2D eigenvalue weighted by molar-refractivity contribution is 6.36. The lowest BCUT2D eigenvalue weighted by atomic mass is 9.75. The molecule has 13 aromatic rings. The van der Waals surface area contributed by atoms with Gasteiger partial charge in [-0.25, -0.2) is 8.78 Å². The lowest BCUT2D eigenvalue weighted by Gasteiger charge is -2.55. The summed E-state index contributed by atoms with van der Waals surface area (Å²) in [6.45, 7) is 9.59. The fraction of sp³-hybridized carbons (Fsp3) is 0.256. The van der Waals surface area contributed by atoms with Crippen molar-refractivity contribution in [1.29, 1.82) is 21.0 Å². The molecular weight excluding hydrogens is 2000 g/mol. The predicted octanol–water partition coefficient (Wildman–Crippen LogP) is 24.7. The maximum atomic E-state index is 13.5. The molecular formula is C117H108Cl7F2N15O6. The quantitative estimate of drug-likeness (QED) is 0.0310. The first-order chi connectivity index (χ1) is 70.9. The normalized spacial score (nSPS) is 15.9. The Labute approximate surface area is 890 Å². The van der Waals surface area contributed by atoms with Crippen LogP contribution in [0.5, 0.6) is 0 Å². The van der Waals surface area contributed by atoms with Crippen molar-refractivity contribution in [2.75, 3.05) is 114 Å². The molecule has 1 atom stereocenters. The van der Waals surface area contributed by atoms with Gasteiger partial charge in [-0.3, -0.25) is 43.6 Å². The second kappa shape index (κ2) is 50.0. The van der Waals surface area contributed by atoms with Crippen molar-refractivity contribution >= 4 is 133 Å². The molecule has 1 unspecified atom stereocenters. The largest absolute Gasteiger partial charge is 0.360 e. The van der Waals surface area contributed by atoms with E-state index in [9.17, 15) is 53.8 Å². The zero-order chi connectivity index (χ0) is 104. The number of piperidine rings is 4. The molecule has 21 nitrogen and oxygen atoms in total. The third-order valence-electron chi connectivity index (χ3n) is 28.1. The van der Waals surface area contributed by atoms with Crippen LogP contribution in [0, 0.1) is 57.0 Å². The number of likely N-dealkylation sites (N-methyl/N-ethyl adjacent to an activating group) is 2. The standard InChI is InChI=1S/C33H28Cl3N3O2.C29H28ClFN4O2.C28H26Cl2N4O.C27H26ClFN4O/c34-28-17-29(35)19-30(18-28)38-32(40)22-41-33(12-14-39(15-13-33)21-26-5-1-2-7-31(26)36)27-10-8-24(9-11-27)25-6-3-4-23(16-25)20-37;1-20(36)35-14-12-29(13-15-35,34(2)19-28(37)33-25-10-11-27(31)26(30)17-25)24-8-6-22(7-9-24)23-5-3-4-21(16-23)18-32;29-23-15-24(30)17-25(16-23)33-27(35)26-8-13-34(26)28(9-11-32-12-10-28)22-6-4-20(5-7-22)21-3-1-2-19(14-21)18-31;1-33(18-26(34)32-23-9-10-25(29)24(28)16-23)27(11-13-31-14-12-27)22-7-5-20(6-8-22)21-4-2-3-19(15-21)17-30/h1-11,16-19H,12-15,21-22H2,(H,38,40);3-11,16-17H,12-15,19H2,1-2H3,(H,33,37);1-7,14-17,26,32H,8-13H2,(H,33,35);2-10,15-16,31H,11-14,18H2,1H3,(H,32,34). The molecule has 5 amide bonds. The van der Waals surface area contributed by atoms with Crippen LogP contribution in [0.25, 0.3) is 44.5 Å². The van der Waals surface area contributed by atoms with Gasteiger partial charge in [-0.05, 0) is 298 Å². The minimum absolute atomic E-state index is 0.0265. The van der Waals surface area contributed by atoms with E-state index < -0.39 is 22.8 Å². The minimum atomic E-state index is -0.646. The average molecular weight is 2110 g/mol. The number of likely N-dealkylation sites (tertiary alicyclic amines) is 3. The highest BCUT2D eigenvalue weighted by Crippen LogP contribution is 2.47. The van der Waals surface area contributed by atoms with Gasteiger partial charge in [-0.2, -0.15) is 21.0 Å². The molecule has 0 bridgehead atoms. The lowest BCUT2D eigenvalue weighted by molar-refractivity contribution is -0.135. The van der Waals surface area contributed by atoms with E-state index in [2.05, 4.69) is 144 Å². The Balaban J connectivity index is 0.000000147. The molecule has 0 radical (unpaired) electrons. The second-order valence-corrected chi connectivity index (χ2v) is 40.2. The average Bonchev–Trinajstić information content (AvgIpc) is 0.737. The summed E-state index contributed by atoms with van der Waals surface area (Å²) in [5, 5.41) is 57.8. The first kappa shape index (κ1) is 108. The fourth-order valence-electron chi connectivity index (χ4n) is 20.1. The van der Waals surface area contributed by atoms with Crippen molar-refractivity contribution in [2.24, 2.45) is 0 Å². The molecule has 147 heavy (non-hydrogen) atoms. The Morgan fingerprint density at radius 1 is 0.388 bits per heavy atom. The molecule has 5 aliphatic rings. The van der Waals surface area contributed by atoms with Crippen LogP contribution in [-0.4, -0.2) is 153 Å². The van der Waals surface area contributed by atoms with E-state index in [1.54, 1.807) is 61.5 Å². The SMILES string of the molecule is CC(=O)N1CCC(c2ccc(-c3cccc(C#N)c3)cc2)(N(C)CC(=O)Nc2ccc(F)c(Cl)c2)CC1.CN(CC(=O)Nc1ccc(F)c(Cl)c1)C1(c2ccc(-c3cccc(C#N)c3)cc2)CCNCC1.N#Cc1cccc(-c2ccc(C3(N4CCC4C(=O)Nc4cc(Cl)cc(Cl)c4)CCNCC3)cc2)c1.N#Cc1cccc(-c2ccc(C3(OCC(=O)Nc4cc(Cl)cc(Cl)c4)CCN(Cc4ccccc4Cl)CC3)cc2)c1. The van der Waals surface area contributed by atoms with Crippen molar-refractivity contribution in [1.82, 2.24) is 35.1 Å². The summed E-state index contributed by atoms with van der Waals surface area (Å²) < 4.78 is 33.4. The van der Waals surface area contributed by atoms with Crippen LogP contribution in [0.1, 0.15) is 115 Å². The molecule has 5 fully saturated rings. The van der Waals surface area contributed by atoms with Gasteiger partial charge in [-0.1, -0.05) is 245 Å². The number of anilines is 4. The number of ether oxygens (including phenoxy) is 1. The van der Waals surface area contributed by atoms with Gasteiger partial charge in [0.25, 0.3) is 0 Å². The van der Waals surface area contributed by atoms with Gasteiger partial charge in [0.2, 0.25) is 29.5 Å². The summed E-state index contributed by atoms with van der Waals surface area (Å²) >= 11 is 42.5. The van der Waals surface area contributed by atoms with Crippen molar-refractivity contribution in [3.05, 3.63) is 388 Å². The zero-order valence-corrected chi connectivity index (χ0v) is 86.5. The lowest BCUT2D eigenvalue weighted by Crippen LogP contribution is -2.65. The van der Waals surface area contributed by atoms with E-state index in [4.69, 9.17) is 85.9 Å². The van der Waals surface area contributed by atoms with Crippen LogP contribution in [-0.2, 0) is 57.5 Å². The summed E-state index contributed by atoms with van der Waals surface area (Å²) in [6, 6.07) is 98.3. The van der Waals surface area contributed by atoms with Crippen LogP contribution in [0.4, 0.5) is 31.5 Å². The van der Waals surface area contributed by atoms with Crippen molar-refractivity contribution in [3.63, 3.8) is 0 Å². The van der Waals surface area contributed by atoms with Gasteiger partial charge in [0.15, 0.2) is 0 Å². The number of carbonyl (C=O) groups is 5. The highest BCUT2D eigenvalue weighted by atomic mass is 35.5. The molecule has 0 saturated carbocycles. The van der Waals surface area contributed by atoms with Gasteiger partial charge in [0, 0.05) is 111 Å². The van der Waals surface area contributed by atoms with Gasteiger partial charge >= 0.3 is 0 Å². The number of hydrogen-bond donors (Lipinski definition) is 6. The van der Waals surface area contributed by atoms with Gasteiger partial charge in [-0.15, -0.1) is 0 Å². The summed E-state index contributed by atoms with van der Waals surface area (Å²) in [7, 11) is 3.87. The molecule has 18 rings (SSSR count). The molecule has 5 heterocycles. The Morgan fingerprint density at radius 3 is 1.16 bits per heavy atom. The molecule has 0 aromatic heterocycles. The maximum Gasteiger partial charge on any atom is 0.250 e. The number of benzene rings is 13. The third kappa shape index (κ3) is 27.2. The third-order valence-corrected chi connectivity index (χ3v) is 30.0. The summed E-state index contributed by atoms with van der Waals surface area (Å²) in [5.74, 6) is -1.78. The number of rotatable bonds is 25. The van der Waals surface area contributed by atoms with Crippen molar-refractivity contribution in [2.45, 2.75) is 99.5 Å². The Hall–Kier alpha value is -13.2. The molecule has 13 aromatic carbocycles. The van der Waals surface area contributed by atoms with E-state index in [1.165, 1.54) is 42.0 Å². The van der Waals surface area contributed by atoms with E-state index >= 15 is 0 Å². The number of halogens is 9. The smallest absolute Gasteiger partial charge is 0.250 e. The number of nitrogens with zero attached hydrogens (tertiary/aromatic N) is 9. The second-order valence-electron chi connectivity index (χ2n) is 37.2. The van der Waals surface area contributed by atoms with Crippen LogP contribution in [0.2, 0.25) is 35.2 Å². The van der Waals surface area contributed by atoms with Crippen LogP contribution >= 0.6 is 81.2 Å². The Morgan fingerprint density at radius 2 is 0.769 bits per heavy atom. The van der Waals surface area contributed by atoms with E-state index in [0.29, 0.717) is 104 Å². The molecule has 6 N–H and O–H groups in total. The number of carbonyl (C=O) groups excluding carboxylic acids is 5. The molecule has 0 aliphatic carbocycles. The molecule has 5 saturated heterocycles. The first-order valence-electron chi connectivity index (χ1n) is 48.4. The van der Waals surface area contributed by atoms with Crippen LogP contribution in [0.15, 0.2) is 291 Å². The monoisotopic (exact) mass is 2100 g/mol. The zero-order valence-electron chi connectivity index (χ0n) is 81.2. The molecule has 0 spiro atoms. The van der Waals surface area contributed by atoms with Crippen molar-refractivity contribution < 1.29 is 37.5 Å². The minimum Gasteiger partial charge on any atom is -0.360 e.